The second-order valence-corrected chi connectivity index (χ2v) is 5.23. The fourth-order valence-corrected chi connectivity index (χ4v) is 2.26. The van der Waals surface area contributed by atoms with Gasteiger partial charge in [-0.3, -0.25) is 0 Å². The van der Waals surface area contributed by atoms with Gasteiger partial charge in [0.15, 0.2) is 11.7 Å². The summed E-state index contributed by atoms with van der Waals surface area (Å²) in [4.78, 5) is 11.4. The predicted molar refractivity (Wildman–Crippen MR) is 70.1 cm³/mol. The molecule has 0 aliphatic carbocycles. The highest BCUT2D eigenvalue weighted by Gasteiger charge is 2.46. The lowest BCUT2D eigenvalue weighted by molar-refractivity contribution is 0.0778. The van der Waals surface area contributed by atoms with E-state index in [9.17, 15) is 4.79 Å². The van der Waals surface area contributed by atoms with Crippen LogP contribution in [0.5, 0.6) is 0 Å². The third-order valence-corrected chi connectivity index (χ3v) is 3.08. The normalized spacial score (nSPS) is 21.1. The van der Waals surface area contributed by atoms with Gasteiger partial charge < -0.3 is 9.47 Å². The summed E-state index contributed by atoms with van der Waals surface area (Å²) in [6.07, 6.45) is -0.961. The van der Waals surface area contributed by atoms with Crippen molar-refractivity contribution in [2.75, 3.05) is 0 Å². The summed E-state index contributed by atoms with van der Waals surface area (Å²) < 4.78 is 10.6. The molecule has 96 valence electrons. The van der Waals surface area contributed by atoms with E-state index < -0.39 is 11.8 Å². The second-order valence-electron chi connectivity index (χ2n) is 5.23. The number of carbonyl (C=O) groups is 1. The van der Waals surface area contributed by atoms with Gasteiger partial charge in [0, 0.05) is 5.57 Å². The zero-order valence-electron chi connectivity index (χ0n) is 11.2. The Balaban J connectivity index is 2.46. The average molecular weight is 246 g/mol. The topological polar surface area (TPSA) is 35.5 Å². The molecule has 0 amide bonds. The SMILES string of the molecule is CC(C)=C(c1ccccc1)C1OC(=O)OC1(C)C. The first-order valence-corrected chi connectivity index (χ1v) is 6.04. The number of benzene rings is 1. The summed E-state index contributed by atoms with van der Waals surface area (Å²) in [7, 11) is 0. The molecule has 1 aliphatic heterocycles. The second kappa shape index (κ2) is 4.48. The summed E-state index contributed by atoms with van der Waals surface area (Å²) >= 11 is 0. The van der Waals surface area contributed by atoms with Crippen molar-refractivity contribution in [1.29, 1.82) is 0 Å². The van der Waals surface area contributed by atoms with Crippen LogP contribution in [0.2, 0.25) is 0 Å². The van der Waals surface area contributed by atoms with Gasteiger partial charge in [-0.2, -0.15) is 0 Å². The van der Waals surface area contributed by atoms with Gasteiger partial charge in [-0.05, 0) is 33.3 Å². The molecular weight excluding hydrogens is 228 g/mol. The van der Waals surface area contributed by atoms with Crippen molar-refractivity contribution in [2.45, 2.75) is 39.4 Å². The lowest BCUT2D eigenvalue weighted by Gasteiger charge is -2.25. The van der Waals surface area contributed by atoms with Crippen LogP contribution in [0, 0.1) is 0 Å². The molecule has 2 rings (SSSR count). The van der Waals surface area contributed by atoms with E-state index in [-0.39, 0.29) is 6.10 Å². The molecule has 3 nitrogen and oxygen atoms in total. The summed E-state index contributed by atoms with van der Waals surface area (Å²) in [6.45, 7) is 7.78. The van der Waals surface area contributed by atoms with Gasteiger partial charge in [0.25, 0.3) is 0 Å². The van der Waals surface area contributed by atoms with Crippen molar-refractivity contribution < 1.29 is 14.3 Å². The van der Waals surface area contributed by atoms with Crippen molar-refractivity contribution in [3.8, 4) is 0 Å². The Kier molecular flexibility index (Phi) is 3.16. The lowest BCUT2D eigenvalue weighted by Crippen LogP contribution is -2.34. The van der Waals surface area contributed by atoms with E-state index in [1.54, 1.807) is 0 Å². The highest BCUT2D eigenvalue weighted by Crippen LogP contribution is 2.37. The van der Waals surface area contributed by atoms with Crippen molar-refractivity contribution in [1.82, 2.24) is 0 Å². The minimum atomic E-state index is -0.639. The first kappa shape index (κ1) is 12.7. The van der Waals surface area contributed by atoms with Crippen LogP contribution >= 0.6 is 0 Å². The molecule has 1 atom stereocenters. The Labute approximate surface area is 107 Å². The number of cyclic esters (lactones) is 2. The van der Waals surface area contributed by atoms with E-state index >= 15 is 0 Å². The minimum absolute atomic E-state index is 0.364. The molecule has 1 saturated heterocycles. The van der Waals surface area contributed by atoms with Crippen LogP contribution in [-0.2, 0) is 9.47 Å². The van der Waals surface area contributed by atoms with Crippen molar-refractivity contribution in [2.24, 2.45) is 0 Å². The maximum Gasteiger partial charge on any atom is 0.509 e. The lowest BCUT2D eigenvalue weighted by atomic mass is 9.87. The van der Waals surface area contributed by atoms with Gasteiger partial charge in [0.1, 0.15) is 0 Å². The summed E-state index contributed by atoms with van der Waals surface area (Å²) in [5.41, 5.74) is 2.57. The minimum Gasteiger partial charge on any atom is -0.424 e. The van der Waals surface area contributed by atoms with Gasteiger partial charge in [-0.25, -0.2) is 4.79 Å². The molecule has 0 bridgehead atoms. The molecule has 0 radical (unpaired) electrons. The molecule has 0 N–H and O–H groups in total. The molecule has 1 unspecified atom stereocenters. The van der Waals surface area contributed by atoms with Crippen LogP contribution < -0.4 is 0 Å². The van der Waals surface area contributed by atoms with Crippen LogP contribution in [0.3, 0.4) is 0 Å². The number of hydrogen-bond acceptors (Lipinski definition) is 3. The standard InChI is InChI=1S/C15H18O3/c1-10(2)12(11-8-6-5-7-9-11)13-15(3,4)18-14(16)17-13/h5-9,13H,1-4H3. The Bertz CT molecular complexity index is 482. The van der Waals surface area contributed by atoms with Crippen LogP contribution in [0.25, 0.3) is 5.57 Å². The maximum absolute atomic E-state index is 11.4. The van der Waals surface area contributed by atoms with Gasteiger partial charge >= 0.3 is 6.16 Å². The highest BCUT2D eigenvalue weighted by atomic mass is 16.8. The van der Waals surface area contributed by atoms with Crippen molar-refractivity contribution in [3.05, 3.63) is 41.5 Å². The fraction of sp³-hybridized carbons (Fsp3) is 0.400. The number of hydrogen-bond donors (Lipinski definition) is 0. The van der Waals surface area contributed by atoms with E-state index in [1.165, 1.54) is 0 Å². The molecule has 1 aromatic rings. The number of ether oxygens (including phenoxy) is 2. The van der Waals surface area contributed by atoms with E-state index in [0.29, 0.717) is 0 Å². The number of rotatable bonds is 2. The van der Waals surface area contributed by atoms with Gasteiger partial charge in [0.2, 0.25) is 0 Å². The predicted octanol–water partition coefficient (Wildman–Crippen LogP) is 3.79. The molecular formula is C15H18O3. The van der Waals surface area contributed by atoms with E-state index in [1.807, 2.05) is 58.0 Å². The fourth-order valence-electron chi connectivity index (χ4n) is 2.26. The van der Waals surface area contributed by atoms with E-state index in [0.717, 1.165) is 16.7 Å². The highest BCUT2D eigenvalue weighted by molar-refractivity contribution is 5.77. The summed E-state index contributed by atoms with van der Waals surface area (Å²) in [5.74, 6) is 0. The quantitative estimate of drug-likeness (QED) is 0.745. The molecule has 1 aliphatic rings. The Morgan fingerprint density at radius 1 is 1.17 bits per heavy atom. The van der Waals surface area contributed by atoms with Crippen molar-refractivity contribution in [3.63, 3.8) is 0 Å². The van der Waals surface area contributed by atoms with Crippen LogP contribution in [0.1, 0.15) is 33.3 Å². The van der Waals surface area contributed by atoms with E-state index in [2.05, 4.69) is 0 Å². The average Bonchev–Trinajstić information content (AvgIpc) is 2.53. The summed E-state index contributed by atoms with van der Waals surface area (Å²) in [6, 6.07) is 9.95. The molecule has 1 heterocycles. The molecule has 18 heavy (non-hydrogen) atoms. The van der Waals surface area contributed by atoms with Gasteiger partial charge in [-0.1, -0.05) is 35.9 Å². The zero-order chi connectivity index (χ0) is 13.3. The first-order valence-electron chi connectivity index (χ1n) is 6.04. The molecule has 0 spiro atoms. The largest absolute Gasteiger partial charge is 0.509 e. The third-order valence-electron chi connectivity index (χ3n) is 3.08. The molecule has 0 saturated carbocycles. The first-order chi connectivity index (χ1) is 8.42. The summed E-state index contributed by atoms with van der Waals surface area (Å²) in [5, 5.41) is 0. The Hall–Kier alpha value is -1.77. The Morgan fingerprint density at radius 2 is 1.78 bits per heavy atom. The van der Waals surface area contributed by atoms with Gasteiger partial charge in [0.05, 0.1) is 0 Å². The van der Waals surface area contributed by atoms with Crippen molar-refractivity contribution >= 4 is 11.7 Å². The van der Waals surface area contributed by atoms with Gasteiger partial charge in [-0.15, -0.1) is 0 Å². The molecule has 1 aromatic carbocycles. The third kappa shape index (κ3) is 2.26. The maximum atomic E-state index is 11.4. The van der Waals surface area contributed by atoms with Crippen LogP contribution in [0.4, 0.5) is 4.79 Å². The van der Waals surface area contributed by atoms with E-state index in [4.69, 9.17) is 9.47 Å². The smallest absolute Gasteiger partial charge is 0.424 e. The number of carbonyl (C=O) groups excluding carboxylic acids is 1. The Morgan fingerprint density at radius 3 is 2.22 bits per heavy atom. The molecule has 1 fully saturated rings. The monoisotopic (exact) mass is 246 g/mol. The van der Waals surface area contributed by atoms with Crippen LogP contribution in [0.15, 0.2) is 35.9 Å². The molecule has 0 aromatic heterocycles. The zero-order valence-corrected chi connectivity index (χ0v) is 11.2. The molecule has 3 heteroatoms. The number of allylic oxidation sites excluding steroid dienone is 1. The van der Waals surface area contributed by atoms with Crippen LogP contribution in [-0.4, -0.2) is 17.9 Å².